The first-order valence-corrected chi connectivity index (χ1v) is 29.0. The van der Waals surface area contributed by atoms with Crippen LogP contribution < -0.4 is 0 Å². The van der Waals surface area contributed by atoms with Gasteiger partial charge in [0.2, 0.25) is 0 Å². The molecule has 27 atom stereocenters. The molecule has 0 radical (unpaired) electrons. The quantitative estimate of drug-likeness (QED) is 0.0237. The Bertz CT molecular complexity index is 2200. The van der Waals surface area contributed by atoms with Crippen LogP contribution in [0.5, 0.6) is 0 Å². The Morgan fingerprint density at radius 1 is 0.500 bits per heavy atom. The number of ether oxygens (including phenoxy) is 11. The summed E-state index contributed by atoms with van der Waals surface area (Å²) in [5.41, 5.74) is 0. The Labute approximate surface area is 483 Å². The lowest BCUT2D eigenvalue weighted by Crippen LogP contribution is -2.66. The van der Waals surface area contributed by atoms with Crippen LogP contribution in [-0.2, 0) is 71.3 Å². The maximum Gasteiger partial charge on any atom is 0.330 e. The van der Waals surface area contributed by atoms with Gasteiger partial charge < -0.3 is 124 Å². The van der Waals surface area contributed by atoms with E-state index < -0.39 is 215 Å². The molecule has 4 heterocycles. The Kier molecular flexibility index (Phi) is 23.9. The highest BCUT2D eigenvalue weighted by molar-refractivity contribution is 5.90. The number of carbonyl (C=O) groups excluding carboxylic acids is 3. The second kappa shape index (κ2) is 30.1. The third-order valence-corrected chi connectivity index (χ3v) is 17.7. The van der Waals surface area contributed by atoms with E-state index in [0.29, 0.717) is 44.9 Å². The lowest BCUT2D eigenvalue weighted by atomic mass is 9.72. The fourth-order valence-electron chi connectivity index (χ4n) is 12.8. The topological polar surface area (TPSA) is 453 Å². The molecule has 4 aliphatic carbocycles. The number of methoxy groups -OCH3 is 1. The number of esters is 3. The number of hydrogen-bond acceptors (Lipinski definition) is 28. The van der Waals surface area contributed by atoms with E-state index in [1.165, 1.54) is 19.3 Å². The molecule has 4 saturated carbocycles. The van der Waals surface area contributed by atoms with Gasteiger partial charge in [-0.25, -0.2) is 9.59 Å². The number of carboxylic acid groups (broad SMARTS) is 1. The summed E-state index contributed by atoms with van der Waals surface area (Å²) >= 11 is 0. The summed E-state index contributed by atoms with van der Waals surface area (Å²) in [5, 5.41) is 152. The summed E-state index contributed by atoms with van der Waals surface area (Å²) < 4.78 is 65.9. The van der Waals surface area contributed by atoms with Gasteiger partial charge in [-0.1, -0.05) is 12.2 Å². The van der Waals surface area contributed by atoms with Crippen LogP contribution in [0.1, 0.15) is 89.9 Å². The van der Waals surface area contributed by atoms with Gasteiger partial charge in [0, 0.05) is 31.6 Å². The molecular weight excluding hydrogens is 1120 g/mol. The van der Waals surface area contributed by atoms with Crippen molar-refractivity contribution in [3.05, 3.63) is 24.3 Å². The maximum absolute atomic E-state index is 13.5. The SMILES string of the molecule is COC1CC(C=CC(=O)OC2C(OC3C(OC4CC5C(OC6OC(COC(=O)CC(=O)O)C(O)C(O)C6O)CC(O)CC5OC4C4CCC(O)C(O)C4)OC(COC(=O)C=CC4CCC(O)CC4)C(O)C3O)OC(CO)C(O)C2O)CCC1O. The molecule has 8 rings (SSSR count). The Morgan fingerprint density at radius 2 is 1.10 bits per heavy atom. The molecule has 27 unspecified atom stereocenters. The molecule has 8 aliphatic rings. The first-order chi connectivity index (χ1) is 40.0. The highest BCUT2D eigenvalue weighted by Gasteiger charge is 2.57. The summed E-state index contributed by atoms with van der Waals surface area (Å²) in [6.45, 7) is -2.36. The molecule has 0 aromatic rings. The minimum Gasteiger partial charge on any atom is -0.481 e. The Hall–Kier alpha value is -3.48. The standard InChI is InChI=1S/C55H84O29/c1-74-34-14-24(4-10-30(34)60)6-13-41(65)83-51-47(71)43(67)36(20-56)80-55(51)84-52-48(72)45(69)38(21-75-40(64)12-5-23-2-8-26(57)9-3-23)82-54(52)79-35-18-28-32(77-50(35)25-7-11-29(59)31(61)15-25)16-27(58)17-33(28)78-53-49(73)46(70)44(68)37(81-53)22-76-42(66)19-39(62)63/h5-6,12-13,23-38,43-61,67-73H,2-4,7-11,14-22H2,1H3,(H,62,63). The highest BCUT2D eigenvalue weighted by Crippen LogP contribution is 2.46. The minimum atomic E-state index is -2.07. The number of carbonyl (C=O) groups is 4. The first-order valence-electron chi connectivity index (χ1n) is 29.0. The zero-order chi connectivity index (χ0) is 60.7. The summed E-state index contributed by atoms with van der Waals surface area (Å²) in [7, 11) is 1.45. The lowest BCUT2D eigenvalue weighted by molar-refractivity contribution is -0.380. The van der Waals surface area contributed by atoms with Crippen molar-refractivity contribution in [2.24, 2.45) is 23.7 Å². The Balaban J connectivity index is 1.08. The van der Waals surface area contributed by atoms with Crippen LogP contribution in [0.2, 0.25) is 0 Å². The largest absolute Gasteiger partial charge is 0.481 e. The van der Waals surface area contributed by atoms with E-state index in [2.05, 4.69) is 0 Å². The van der Waals surface area contributed by atoms with Gasteiger partial charge in [-0.05, 0) is 94.8 Å². The van der Waals surface area contributed by atoms with Crippen molar-refractivity contribution >= 4 is 23.9 Å². The van der Waals surface area contributed by atoms with Gasteiger partial charge in [-0.15, -0.1) is 0 Å². The number of aliphatic carboxylic acids is 1. The normalized spacial score (nSPS) is 45.8. The van der Waals surface area contributed by atoms with Crippen molar-refractivity contribution in [3.63, 3.8) is 0 Å². The molecule has 8 fully saturated rings. The van der Waals surface area contributed by atoms with Crippen LogP contribution >= 0.6 is 0 Å². The maximum atomic E-state index is 13.5. The van der Waals surface area contributed by atoms with Crippen LogP contribution in [0.3, 0.4) is 0 Å². The number of fused-ring (bicyclic) bond motifs is 1. The average Bonchev–Trinajstić information content (AvgIpc) is 2.37. The van der Waals surface area contributed by atoms with Gasteiger partial charge in [-0.3, -0.25) is 9.59 Å². The minimum absolute atomic E-state index is 0.0103. The van der Waals surface area contributed by atoms with Gasteiger partial charge in [0.1, 0.15) is 86.8 Å². The molecule has 0 aromatic carbocycles. The van der Waals surface area contributed by atoms with Crippen molar-refractivity contribution in [1.29, 1.82) is 0 Å². The van der Waals surface area contributed by atoms with Gasteiger partial charge in [-0.2, -0.15) is 0 Å². The summed E-state index contributed by atoms with van der Waals surface area (Å²) in [4.78, 5) is 49.9. The van der Waals surface area contributed by atoms with E-state index in [4.69, 9.17) is 57.2 Å². The fraction of sp³-hybridized carbons (Fsp3) is 0.855. The third kappa shape index (κ3) is 16.6. The summed E-state index contributed by atoms with van der Waals surface area (Å²) in [6.07, 6.45) is -29.1. The molecule has 29 nitrogen and oxygen atoms in total. The molecule has 84 heavy (non-hydrogen) atoms. The summed E-state index contributed by atoms with van der Waals surface area (Å²) in [5.74, 6) is -6.24. The van der Waals surface area contributed by atoms with Crippen molar-refractivity contribution in [2.75, 3.05) is 26.9 Å². The number of rotatable bonds is 20. The van der Waals surface area contributed by atoms with Crippen LogP contribution in [0.4, 0.5) is 0 Å². The number of allylic oxidation sites excluding steroid dienone is 2. The van der Waals surface area contributed by atoms with Crippen LogP contribution in [-0.4, -0.2) is 275 Å². The molecule has 4 aliphatic heterocycles. The molecule has 0 spiro atoms. The third-order valence-electron chi connectivity index (χ3n) is 17.7. The number of aliphatic hydroxyl groups excluding tert-OH is 13. The monoisotopic (exact) mass is 1210 g/mol. The first kappa shape index (κ1) is 66.5. The second-order valence-corrected chi connectivity index (χ2v) is 23.6. The van der Waals surface area contributed by atoms with Crippen LogP contribution in [0.25, 0.3) is 0 Å². The predicted octanol–water partition coefficient (Wildman–Crippen LogP) is -4.40. The van der Waals surface area contributed by atoms with Crippen molar-refractivity contribution in [1.82, 2.24) is 0 Å². The van der Waals surface area contributed by atoms with Gasteiger partial charge in [0.15, 0.2) is 25.0 Å². The zero-order valence-electron chi connectivity index (χ0n) is 46.5. The molecule has 478 valence electrons. The predicted molar refractivity (Wildman–Crippen MR) is 276 cm³/mol. The van der Waals surface area contributed by atoms with Crippen molar-refractivity contribution < 1.29 is 143 Å². The average molecular weight is 1210 g/mol. The van der Waals surface area contributed by atoms with Crippen molar-refractivity contribution in [2.45, 2.75) is 243 Å². The van der Waals surface area contributed by atoms with E-state index in [1.807, 2.05) is 0 Å². The smallest absolute Gasteiger partial charge is 0.330 e. The Morgan fingerprint density at radius 3 is 1.79 bits per heavy atom. The lowest BCUT2D eigenvalue weighted by Gasteiger charge is -2.53. The summed E-state index contributed by atoms with van der Waals surface area (Å²) in [6, 6.07) is 0. The van der Waals surface area contributed by atoms with E-state index in [1.54, 1.807) is 6.08 Å². The molecule has 0 bridgehead atoms. The van der Waals surface area contributed by atoms with Crippen LogP contribution in [0, 0.1) is 23.7 Å². The molecule has 4 saturated heterocycles. The second-order valence-electron chi connectivity index (χ2n) is 23.6. The molecule has 0 aromatic heterocycles. The number of aliphatic hydroxyl groups is 13. The molecular formula is C55H84O29. The highest BCUT2D eigenvalue weighted by atomic mass is 16.8. The van der Waals surface area contributed by atoms with Gasteiger partial charge in [0.05, 0.1) is 67.6 Å². The van der Waals surface area contributed by atoms with E-state index in [9.17, 15) is 85.6 Å². The number of hydrogen-bond donors (Lipinski definition) is 14. The molecule has 14 N–H and O–H groups in total. The van der Waals surface area contributed by atoms with Gasteiger partial charge in [0.25, 0.3) is 0 Å². The number of carboxylic acids is 1. The van der Waals surface area contributed by atoms with E-state index >= 15 is 0 Å². The van der Waals surface area contributed by atoms with Gasteiger partial charge >= 0.3 is 23.9 Å². The molecule has 29 heteroatoms. The fourth-order valence-corrected chi connectivity index (χ4v) is 12.8. The zero-order valence-corrected chi connectivity index (χ0v) is 46.5. The van der Waals surface area contributed by atoms with Crippen LogP contribution in [0.15, 0.2) is 24.3 Å². The molecule has 0 amide bonds. The van der Waals surface area contributed by atoms with E-state index in [0.717, 1.165) is 6.08 Å². The van der Waals surface area contributed by atoms with Crippen molar-refractivity contribution in [3.8, 4) is 0 Å². The van der Waals surface area contributed by atoms with E-state index in [-0.39, 0.29) is 50.4 Å².